The molecular weight excluding hydrogens is 453 g/mol. The molecule has 5 nitrogen and oxygen atoms in total. The number of carbonyl (C=O) groups excluding carboxylic acids is 1. The van der Waals surface area contributed by atoms with E-state index in [2.05, 4.69) is 10.4 Å². The first-order valence-electron chi connectivity index (χ1n) is 11.1. The Balaban J connectivity index is 1.64. The van der Waals surface area contributed by atoms with Crippen LogP contribution in [0.15, 0.2) is 72.9 Å². The summed E-state index contributed by atoms with van der Waals surface area (Å²) in [6, 6.07) is 19.0. The number of carbonyl (C=O) groups is 1. The fraction of sp³-hybridized carbons (Fsp3) is 0.259. The van der Waals surface area contributed by atoms with Gasteiger partial charge >= 0.3 is 0 Å². The zero-order valence-corrected chi connectivity index (χ0v) is 20.3. The summed E-state index contributed by atoms with van der Waals surface area (Å²) in [5.74, 6) is 0.273. The maximum Gasteiger partial charge on any atom is 0.225 e. The molecule has 0 aliphatic carbocycles. The molecule has 1 heterocycles. The molecule has 0 radical (unpaired) electrons. The molecule has 7 heteroatoms. The van der Waals surface area contributed by atoms with Gasteiger partial charge in [-0.25, -0.2) is 9.07 Å². The molecule has 0 fully saturated rings. The van der Waals surface area contributed by atoms with Gasteiger partial charge < -0.3 is 10.1 Å². The van der Waals surface area contributed by atoms with E-state index >= 15 is 0 Å². The summed E-state index contributed by atoms with van der Waals surface area (Å²) >= 11 is 6.25. The fourth-order valence-corrected chi connectivity index (χ4v) is 3.86. The Morgan fingerprint density at radius 2 is 1.82 bits per heavy atom. The smallest absolute Gasteiger partial charge is 0.225 e. The first-order chi connectivity index (χ1) is 16.1. The van der Waals surface area contributed by atoms with Gasteiger partial charge in [0.1, 0.15) is 17.7 Å². The quantitative estimate of drug-likeness (QED) is 0.344. The van der Waals surface area contributed by atoms with Gasteiger partial charge in [-0.3, -0.25) is 4.79 Å². The predicted octanol–water partition coefficient (Wildman–Crippen LogP) is 6.49. The van der Waals surface area contributed by atoms with Crippen LogP contribution in [0.5, 0.6) is 5.75 Å². The summed E-state index contributed by atoms with van der Waals surface area (Å²) in [6.07, 6.45) is 1.28. The topological polar surface area (TPSA) is 56.1 Å². The molecule has 176 valence electrons. The molecule has 1 N–H and O–H groups in total. The second kappa shape index (κ2) is 9.47. The van der Waals surface area contributed by atoms with Crippen LogP contribution in [0.1, 0.15) is 39.4 Å². The van der Waals surface area contributed by atoms with Gasteiger partial charge in [0.2, 0.25) is 5.91 Å². The van der Waals surface area contributed by atoms with Gasteiger partial charge in [0.05, 0.1) is 23.4 Å². The van der Waals surface area contributed by atoms with Gasteiger partial charge in [-0.1, -0.05) is 44.5 Å². The summed E-state index contributed by atoms with van der Waals surface area (Å²) in [7, 11) is 0. The number of hydrogen-bond donors (Lipinski definition) is 1. The van der Waals surface area contributed by atoms with Crippen molar-refractivity contribution < 1.29 is 13.9 Å². The van der Waals surface area contributed by atoms with Crippen molar-refractivity contribution in [2.75, 3.05) is 0 Å². The molecule has 0 spiro atoms. The molecule has 1 aromatic heterocycles. The van der Waals surface area contributed by atoms with E-state index in [1.165, 1.54) is 12.1 Å². The molecule has 0 aliphatic heterocycles. The largest absolute Gasteiger partial charge is 0.484 e. The van der Waals surface area contributed by atoms with Crippen molar-refractivity contribution in [1.29, 1.82) is 0 Å². The van der Waals surface area contributed by atoms with E-state index in [9.17, 15) is 9.18 Å². The van der Waals surface area contributed by atoms with Crippen LogP contribution in [0, 0.1) is 11.2 Å². The van der Waals surface area contributed by atoms with E-state index in [4.69, 9.17) is 16.3 Å². The normalized spacial score (nSPS) is 13.5. The lowest BCUT2D eigenvalue weighted by atomic mass is 9.94. The van der Waals surface area contributed by atoms with E-state index in [0.29, 0.717) is 10.8 Å². The third kappa shape index (κ3) is 5.23. The van der Waals surface area contributed by atoms with Gasteiger partial charge in [0.25, 0.3) is 0 Å². The van der Waals surface area contributed by atoms with Crippen LogP contribution in [0.25, 0.3) is 16.6 Å². The number of nitrogens with one attached hydrogen (secondary N) is 1. The third-order valence-electron chi connectivity index (χ3n) is 5.55. The number of amides is 1. The molecule has 0 saturated heterocycles. The second-order valence-corrected chi connectivity index (χ2v) is 9.80. The highest BCUT2D eigenvalue weighted by atomic mass is 35.5. The minimum Gasteiger partial charge on any atom is -0.484 e. The summed E-state index contributed by atoms with van der Waals surface area (Å²) < 4.78 is 21.5. The van der Waals surface area contributed by atoms with E-state index in [1.807, 2.05) is 64.1 Å². The average molecular weight is 480 g/mol. The molecule has 3 aromatic carbocycles. The number of halogens is 2. The molecular formula is C27H27ClFN3O2. The van der Waals surface area contributed by atoms with Crippen LogP contribution in [0.4, 0.5) is 4.39 Å². The van der Waals surface area contributed by atoms with E-state index in [0.717, 1.165) is 22.2 Å². The maximum atomic E-state index is 13.3. The lowest BCUT2D eigenvalue weighted by Crippen LogP contribution is -2.44. The number of benzene rings is 3. The summed E-state index contributed by atoms with van der Waals surface area (Å²) in [5.41, 5.74) is 1.96. The van der Waals surface area contributed by atoms with Crippen LogP contribution in [0.3, 0.4) is 0 Å². The minimum atomic E-state index is -0.527. The third-order valence-corrected chi connectivity index (χ3v) is 5.78. The van der Waals surface area contributed by atoms with Crippen LogP contribution in [0.2, 0.25) is 5.02 Å². The van der Waals surface area contributed by atoms with Crippen molar-refractivity contribution in [3.8, 4) is 11.4 Å². The summed E-state index contributed by atoms with van der Waals surface area (Å²) in [5, 5.41) is 8.99. The number of ether oxygens (including phenoxy) is 1. The molecule has 4 rings (SSSR count). The lowest BCUT2D eigenvalue weighted by Gasteiger charge is -2.29. The predicted molar refractivity (Wildman–Crippen MR) is 133 cm³/mol. The van der Waals surface area contributed by atoms with Crippen molar-refractivity contribution in [1.82, 2.24) is 15.1 Å². The first-order valence-corrected chi connectivity index (χ1v) is 11.5. The van der Waals surface area contributed by atoms with Crippen molar-refractivity contribution >= 4 is 28.4 Å². The number of aromatic nitrogens is 2. The van der Waals surface area contributed by atoms with Crippen molar-refractivity contribution in [3.05, 3.63) is 89.3 Å². The van der Waals surface area contributed by atoms with E-state index in [1.54, 1.807) is 29.1 Å². The zero-order chi connectivity index (χ0) is 24.5. The maximum absolute atomic E-state index is 13.3. The highest BCUT2D eigenvalue weighted by Gasteiger charge is 2.28. The summed E-state index contributed by atoms with van der Waals surface area (Å²) in [6.45, 7) is 7.53. The van der Waals surface area contributed by atoms with Gasteiger partial charge in [0, 0.05) is 15.8 Å². The van der Waals surface area contributed by atoms with Crippen LogP contribution in [-0.4, -0.2) is 21.7 Å². The molecule has 1 unspecified atom stereocenters. The highest BCUT2D eigenvalue weighted by Crippen LogP contribution is 2.30. The van der Waals surface area contributed by atoms with E-state index < -0.39 is 11.5 Å². The van der Waals surface area contributed by atoms with Crippen molar-refractivity contribution in [2.45, 2.75) is 39.8 Å². The Labute approximate surface area is 203 Å². The van der Waals surface area contributed by atoms with Gasteiger partial charge in [-0.2, -0.15) is 5.10 Å². The van der Waals surface area contributed by atoms with E-state index in [-0.39, 0.29) is 17.8 Å². The molecule has 0 saturated carbocycles. The standard InChI is InChI=1S/C27H27ClFN3O2/c1-17(31-26(33)27(2,3)4)25(18-6-5-7-20(28)14-18)34-23-12-13-24-19(15-23)16-30-32(24)22-10-8-21(29)9-11-22/h5-17,25H,1-4H3,(H,31,33)/t17-,25?/m0/s1. The Morgan fingerprint density at radius 1 is 1.09 bits per heavy atom. The Bertz CT molecular complexity index is 1310. The highest BCUT2D eigenvalue weighted by molar-refractivity contribution is 6.30. The van der Waals surface area contributed by atoms with Gasteiger partial charge in [-0.15, -0.1) is 0 Å². The number of fused-ring (bicyclic) bond motifs is 1. The Hall–Kier alpha value is -3.38. The number of rotatable bonds is 6. The minimum absolute atomic E-state index is 0.0633. The monoisotopic (exact) mass is 479 g/mol. The lowest BCUT2D eigenvalue weighted by molar-refractivity contribution is -0.129. The number of hydrogen-bond acceptors (Lipinski definition) is 3. The van der Waals surface area contributed by atoms with Crippen LogP contribution in [-0.2, 0) is 4.79 Å². The van der Waals surface area contributed by atoms with Crippen LogP contribution >= 0.6 is 11.6 Å². The molecule has 0 aliphatic rings. The SMILES string of the molecule is C[C@H](NC(=O)C(C)(C)C)C(Oc1ccc2c(cnn2-c2ccc(F)cc2)c1)c1cccc(Cl)c1. The average Bonchev–Trinajstić information content (AvgIpc) is 3.20. The molecule has 2 atom stereocenters. The summed E-state index contributed by atoms with van der Waals surface area (Å²) in [4.78, 5) is 12.6. The first kappa shape index (κ1) is 23.8. The van der Waals surface area contributed by atoms with Gasteiger partial charge in [-0.05, 0) is 67.1 Å². The van der Waals surface area contributed by atoms with Gasteiger partial charge in [0.15, 0.2) is 0 Å². The fourth-order valence-electron chi connectivity index (χ4n) is 3.66. The molecule has 0 bridgehead atoms. The molecule has 34 heavy (non-hydrogen) atoms. The zero-order valence-electron chi connectivity index (χ0n) is 19.5. The second-order valence-electron chi connectivity index (χ2n) is 9.36. The number of nitrogens with zero attached hydrogens (tertiary/aromatic N) is 2. The van der Waals surface area contributed by atoms with Crippen LogP contribution < -0.4 is 10.1 Å². The molecule has 1 amide bonds. The van der Waals surface area contributed by atoms with Crippen molar-refractivity contribution in [2.24, 2.45) is 5.41 Å². The van der Waals surface area contributed by atoms with Crippen molar-refractivity contribution in [3.63, 3.8) is 0 Å². The Kier molecular flexibility index (Phi) is 6.62. The molecule has 4 aromatic rings. The Morgan fingerprint density at radius 3 is 2.50 bits per heavy atom.